The molecule has 8 heteroatoms. The lowest BCUT2D eigenvalue weighted by atomic mass is 10.2. The van der Waals surface area contributed by atoms with Crippen molar-refractivity contribution in [1.29, 1.82) is 0 Å². The summed E-state index contributed by atoms with van der Waals surface area (Å²) >= 11 is 0. The number of hydrogen-bond acceptors (Lipinski definition) is 7. The Morgan fingerprint density at radius 3 is 3.12 bits per heavy atom. The quantitative estimate of drug-likeness (QED) is 0.818. The highest BCUT2D eigenvalue weighted by molar-refractivity contribution is 5.89. The van der Waals surface area contributed by atoms with Gasteiger partial charge in [-0.1, -0.05) is 5.16 Å². The van der Waals surface area contributed by atoms with Gasteiger partial charge in [-0.25, -0.2) is 0 Å². The summed E-state index contributed by atoms with van der Waals surface area (Å²) in [6.07, 6.45) is 4.39. The summed E-state index contributed by atoms with van der Waals surface area (Å²) in [4.78, 5) is 16.5. The number of nitrogens with one attached hydrogen (secondary N) is 1. The van der Waals surface area contributed by atoms with Crippen LogP contribution in [0.3, 0.4) is 0 Å². The number of nitrogens with zero attached hydrogens (tertiary/aromatic N) is 5. The summed E-state index contributed by atoms with van der Waals surface area (Å²) in [6, 6.07) is 6.03. The first kappa shape index (κ1) is 17.3. The molecule has 1 unspecified atom stereocenters. The van der Waals surface area contributed by atoms with Crippen molar-refractivity contribution in [2.24, 2.45) is 0 Å². The molecule has 8 nitrogen and oxygen atoms in total. The van der Waals surface area contributed by atoms with E-state index in [0.717, 1.165) is 31.7 Å². The summed E-state index contributed by atoms with van der Waals surface area (Å²) in [5.41, 5.74) is 0. The average molecular weight is 344 g/mol. The Kier molecular flexibility index (Phi) is 5.60. The first-order chi connectivity index (χ1) is 12.1. The molecule has 1 fully saturated rings. The van der Waals surface area contributed by atoms with E-state index >= 15 is 0 Å². The summed E-state index contributed by atoms with van der Waals surface area (Å²) < 4.78 is 4.94. The number of aromatic nitrogens is 3. The highest BCUT2D eigenvalue weighted by Crippen LogP contribution is 2.23. The molecule has 0 saturated carbocycles. The van der Waals surface area contributed by atoms with Crippen LogP contribution in [0, 0.1) is 6.92 Å². The van der Waals surface area contributed by atoms with Crippen molar-refractivity contribution in [1.82, 2.24) is 20.3 Å². The molecule has 0 radical (unpaired) electrons. The zero-order valence-electron chi connectivity index (χ0n) is 14.7. The van der Waals surface area contributed by atoms with Crippen LogP contribution in [0.4, 0.5) is 11.6 Å². The van der Waals surface area contributed by atoms with Crippen molar-refractivity contribution in [2.45, 2.75) is 32.2 Å². The maximum Gasteiger partial charge on any atom is 0.226 e. The van der Waals surface area contributed by atoms with E-state index in [1.165, 1.54) is 0 Å². The van der Waals surface area contributed by atoms with Crippen molar-refractivity contribution >= 4 is 17.5 Å². The van der Waals surface area contributed by atoms with Crippen molar-refractivity contribution < 1.29 is 9.32 Å². The maximum atomic E-state index is 12.0. The molecule has 1 atom stereocenters. The highest BCUT2D eigenvalue weighted by atomic mass is 16.5. The Bertz CT molecular complexity index is 689. The van der Waals surface area contributed by atoms with Crippen LogP contribution < -0.4 is 10.2 Å². The third kappa shape index (κ3) is 4.76. The fourth-order valence-corrected chi connectivity index (χ4v) is 3.15. The molecule has 0 bridgehead atoms. The number of anilines is 2. The minimum Gasteiger partial charge on any atom is -0.360 e. The summed E-state index contributed by atoms with van der Waals surface area (Å²) in [6.45, 7) is 4.38. The molecule has 1 aliphatic rings. The molecule has 0 aromatic carbocycles. The second kappa shape index (κ2) is 8.06. The lowest BCUT2D eigenvalue weighted by Crippen LogP contribution is -2.40. The second-order valence-corrected chi connectivity index (χ2v) is 6.45. The van der Waals surface area contributed by atoms with Gasteiger partial charge in [0.25, 0.3) is 0 Å². The number of carbonyl (C=O) groups is 1. The Morgan fingerprint density at radius 1 is 1.52 bits per heavy atom. The van der Waals surface area contributed by atoms with E-state index in [4.69, 9.17) is 4.52 Å². The molecule has 0 aliphatic carbocycles. The van der Waals surface area contributed by atoms with Gasteiger partial charge < -0.3 is 19.6 Å². The zero-order valence-corrected chi connectivity index (χ0v) is 14.7. The number of hydrogen-bond donors (Lipinski definition) is 1. The fourth-order valence-electron chi connectivity index (χ4n) is 3.15. The number of rotatable bonds is 7. The second-order valence-electron chi connectivity index (χ2n) is 6.45. The van der Waals surface area contributed by atoms with Crippen LogP contribution in [0.2, 0.25) is 0 Å². The fraction of sp³-hybridized carbons (Fsp3) is 0.529. The van der Waals surface area contributed by atoms with Gasteiger partial charge in [0.05, 0.1) is 0 Å². The SMILES string of the molecule is Cc1cc(NC(=O)CCN(C)CC2CCCN2c2cccnn2)no1. The Labute approximate surface area is 147 Å². The van der Waals surface area contributed by atoms with Gasteiger partial charge >= 0.3 is 0 Å². The Morgan fingerprint density at radius 2 is 2.40 bits per heavy atom. The molecule has 1 amide bonds. The maximum absolute atomic E-state index is 12.0. The van der Waals surface area contributed by atoms with E-state index in [1.54, 1.807) is 19.2 Å². The van der Waals surface area contributed by atoms with E-state index in [9.17, 15) is 4.79 Å². The average Bonchev–Trinajstić information content (AvgIpc) is 3.23. The van der Waals surface area contributed by atoms with Crippen molar-refractivity contribution in [3.05, 3.63) is 30.2 Å². The number of amides is 1. The van der Waals surface area contributed by atoms with Crippen molar-refractivity contribution in [3.8, 4) is 0 Å². The molecule has 1 N–H and O–H groups in total. The van der Waals surface area contributed by atoms with Gasteiger partial charge in [0.1, 0.15) is 5.76 Å². The molecule has 1 aliphatic heterocycles. The normalized spacial score (nSPS) is 17.2. The number of aryl methyl sites for hydroxylation is 1. The predicted octanol–water partition coefficient (Wildman–Crippen LogP) is 1.70. The molecule has 1 saturated heterocycles. The molecule has 3 heterocycles. The Balaban J connectivity index is 1.45. The number of carbonyl (C=O) groups excluding carboxylic acids is 1. The molecule has 3 rings (SSSR count). The van der Waals surface area contributed by atoms with E-state index in [1.807, 2.05) is 19.2 Å². The molecule has 134 valence electrons. The lowest BCUT2D eigenvalue weighted by molar-refractivity contribution is -0.116. The van der Waals surface area contributed by atoms with Crippen LogP contribution >= 0.6 is 0 Å². The van der Waals surface area contributed by atoms with Gasteiger partial charge in [-0.15, -0.1) is 5.10 Å². The highest BCUT2D eigenvalue weighted by Gasteiger charge is 2.26. The van der Waals surface area contributed by atoms with Gasteiger partial charge in [-0.3, -0.25) is 4.79 Å². The van der Waals surface area contributed by atoms with Gasteiger partial charge in [0.15, 0.2) is 11.6 Å². The molecule has 2 aromatic rings. The van der Waals surface area contributed by atoms with E-state index < -0.39 is 0 Å². The standard InChI is InChI=1S/C17H24N6O2/c1-13-11-15(21-25-13)19-17(24)7-10-22(2)12-14-5-4-9-23(14)16-6-3-8-18-20-16/h3,6,8,11,14H,4-5,7,9-10,12H2,1-2H3,(H,19,21,24). The van der Waals surface area contributed by atoms with Gasteiger partial charge in [0.2, 0.25) is 5.91 Å². The number of likely N-dealkylation sites (N-methyl/N-ethyl adjacent to an activating group) is 1. The Hall–Kier alpha value is -2.48. The minimum atomic E-state index is -0.0580. The smallest absolute Gasteiger partial charge is 0.226 e. The topological polar surface area (TPSA) is 87.4 Å². The largest absolute Gasteiger partial charge is 0.360 e. The minimum absolute atomic E-state index is 0.0580. The van der Waals surface area contributed by atoms with Crippen LogP contribution in [0.25, 0.3) is 0 Å². The van der Waals surface area contributed by atoms with Crippen LogP contribution in [-0.4, -0.2) is 58.9 Å². The lowest BCUT2D eigenvalue weighted by Gasteiger charge is -2.29. The van der Waals surface area contributed by atoms with E-state index in [-0.39, 0.29) is 5.91 Å². The predicted molar refractivity (Wildman–Crippen MR) is 94.4 cm³/mol. The molecule has 2 aromatic heterocycles. The van der Waals surface area contributed by atoms with E-state index in [2.05, 4.69) is 30.5 Å². The summed E-state index contributed by atoms with van der Waals surface area (Å²) in [7, 11) is 2.04. The van der Waals surface area contributed by atoms with Crippen LogP contribution in [0.5, 0.6) is 0 Å². The molecular weight excluding hydrogens is 320 g/mol. The first-order valence-electron chi connectivity index (χ1n) is 8.58. The van der Waals surface area contributed by atoms with Gasteiger partial charge in [0, 0.05) is 44.4 Å². The van der Waals surface area contributed by atoms with Crippen LogP contribution in [0.1, 0.15) is 25.0 Å². The zero-order chi connectivity index (χ0) is 17.6. The molecule has 0 spiro atoms. The monoisotopic (exact) mass is 344 g/mol. The summed E-state index contributed by atoms with van der Waals surface area (Å²) in [5, 5.41) is 14.7. The van der Waals surface area contributed by atoms with Crippen molar-refractivity contribution in [3.63, 3.8) is 0 Å². The van der Waals surface area contributed by atoms with Crippen LogP contribution in [-0.2, 0) is 4.79 Å². The molecular formula is C17H24N6O2. The van der Waals surface area contributed by atoms with E-state index in [0.29, 0.717) is 30.6 Å². The third-order valence-corrected chi connectivity index (χ3v) is 4.37. The van der Waals surface area contributed by atoms with Crippen LogP contribution in [0.15, 0.2) is 28.9 Å². The van der Waals surface area contributed by atoms with Gasteiger partial charge in [-0.2, -0.15) is 5.10 Å². The summed E-state index contributed by atoms with van der Waals surface area (Å²) in [5.74, 6) is 2.02. The molecule has 25 heavy (non-hydrogen) atoms. The van der Waals surface area contributed by atoms with Gasteiger partial charge in [-0.05, 0) is 38.9 Å². The first-order valence-corrected chi connectivity index (χ1v) is 8.58. The van der Waals surface area contributed by atoms with Crippen molar-refractivity contribution in [2.75, 3.05) is 36.9 Å². The third-order valence-electron chi connectivity index (χ3n) is 4.37.